The number of halogens is 4. The predicted molar refractivity (Wildman–Crippen MR) is 171 cm³/mol. The Balaban J connectivity index is 1.42. The van der Waals surface area contributed by atoms with E-state index in [2.05, 4.69) is 9.71 Å². The van der Waals surface area contributed by atoms with Crippen LogP contribution >= 0.6 is 11.6 Å². The molecule has 4 aromatic carbocycles. The van der Waals surface area contributed by atoms with Gasteiger partial charge in [-0.1, -0.05) is 78.3 Å². The van der Waals surface area contributed by atoms with Gasteiger partial charge in [0.15, 0.2) is 0 Å². The summed E-state index contributed by atoms with van der Waals surface area (Å²) < 4.78 is 74.7. The summed E-state index contributed by atoms with van der Waals surface area (Å²) in [6.07, 6.45) is -4.34. The highest BCUT2D eigenvalue weighted by atomic mass is 35.5. The molecule has 1 N–H and O–H groups in total. The lowest BCUT2D eigenvalue weighted by molar-refractivity contribution is -0.138. The number of hydrogen-bond donors (Lipinski definition) is 1. The van der Waals surface area contributed by atoms with Crippen LogP contribution in [0.25, 0.3) is 11.1 Å². The van der Waals surface area contributed by atoms with Crippen LogP contribution in [-0.4, -0.2) is 25.4 Å². The normalized spacial score (nSPS) is 11.5. The molecule has 1 aromatic heterocycles. The van der Waals surface area contributed by atoms with Gasteiger partial charge in [0.25, 0.3) is 15.9 Å². The third-order valence-corrected chi connectivity index (χ3v) is 8.65. The van der Waals surface area contributed by atoms with E-state index < -0.39 is 39.5 Å². The van der Waals surface area contributed by atoms with Crippen molar-refractivity contribution < 1.29 is 35.9 Å². The number of benzene rings is 4. The van der Waals surface area contributed by atoms with E-state index in [4.69, 9.17) is 16.3 Å². The number of amides is 2. The molecule has 0 fully saturated rings. The molecule has 13 heteroatoms. The van der Waals surface area contributed by atoms with Crippen molar-refractivity contribution in [1.29, 1.82) is 0 Å². The quantitative estimate of drug-likeness (QED) is 0.178. The Morgan fingerprint density at radius 2 is 1.55 bits per heavy atom. The summed E-state index contributed by atoms with van der Waals surface area (Å²) in [6.45, 7) is 1.59. The van der Waals surface area contributed by atoms with E-state index in [0.717, 1.165) is 12.1 Å². The van der Waals surface area contributed by atoms with Crippen molar-refractivity contribution in [3.63, 3.8) is 0 Å². The largest absolute Gasteiger partial charge is 0.420 e. The van der Waals surface area contributed by atoms with Gasteiger partial charge < -0.3 is 4.74 Å². The molecule has 240 valence electrons. The Morgan fingerprint density at radius 1 is 0.894 bits per heavy atom. The van der Waals surface area contributed by atoms with Gasteiger partial charge in [-0.15, -0.1) is 0 Å². The number of anilines is 1. The van der Waals surface area contributed by atoms with E-state index in [9.17, 15) is 31.2 Å². The van der Waals surface area contributed by atoms with Crippen molar-refractivity contribution in [2.24, 2.45) is 0 Å². The van der Waals surface area contributed by atoms with Crippen molar-refractivity contribution in [3.05, 3.63) is 143 Å². The summed E-state index contributed by atoms with van der Waals surface area (Å²) in [6, 6.07) is 26.2. The van der Waals surface area contributed by atoms with Crippen molar-refractivity contribution in [3.8, 4) is 16.9 Å². The zero-order valence-electron chi connectivity index (χ0n) is 24.5. The van der Waals surface area contributed by atoms with Crippen LogP contribution in [0.1, 0.15) is 27.2 Å². The predicted octanol–water partition coefficient (Wildman–Crippen LogP) is 8.05. The highest BCUT2D eigenvalue weighted by Crippen LogP contribution is 2.36. The van der Waals surface area contributed by atoms with Crippen LogP contribution in [0.2, 0.25) is 5.02 Å². The number of aromatic nitrogens is 1. The first-order valence-electron chi connectivity index (χ1n) is 13.9. The van der Waals surface area contributed by atoms with Gasteiger partial charge in [-0.3, -0.25) is 14.7 Å². The average Bonchev–Trinajstić information content (AvgIpc) is 3.03. The van der Waals surface area contributed by atoms with Gasteiger partial charge in [-0.05, 0) is 60.5 Å². The minimum atomic E-state index is -4.74. The van der Waals surface area contributed by atoms with Crippen molar-refractivity contribution in [1.82, 2.24) is 9.71 Å². The number of ether oxygens (including phenoxy) is 1. The van der Waals surface area contributed by atoms with Gasteiger partial charge >= 0.3 is 12.3 Å². The molecule has 5 rings (SSSR count). The first-order valence-corrected chi connectivity index (χ1v) is 15.8. The maximum absolute atomic E-state index is 13.6. The second-order valence-electron chi connectivity index (χ2n) is 10.2. The van der Waals surface area contributed by atoms with Crippen molar-refractivity contribution in [2.75, 3.05) is 4.90 Å². The number of carbonyl (C=O) groups excluding carboxylic acids is 2. The molecule has 0 aliphatic heterocycles. The van der Waals surface area contributed by atoms with E-state index in [-0.39, 0.29) is 22.0 Å². The third-order valence-electron chi connectivity index (χ3n) is 6.93. The highest BCUT2D eigenvalue weighted by molar-refractivity contribution is 7.90. The molecule has 0 saturated carbocycles. The standard InChI is InChI=1S/C34H25ClF3N3O5S/c1-22-20-25(18-19-39-22)41(33(43)46-30-12-6-4-10-28(30)34(36,37)38)21-23-14-16-24(17-15-23)26-8-3-7-13-31(26)47(44,45)40-32(42)27-9-2-5-11-29(27)35/h2-20H,21H2,1H3,(H,40,42). The zero-order chi connectivity index (χ0) is 33.8. The third kappa shape index (κ3) is 7.79. The van der Waals surface area contributed by atoms with E-state index in [1.807, 2.05) is 0 Å². The lowest BCUT2D eigenvalue weighted by atomic mass is 10.0. The summed E-state index contributed by atoms with van der Waals surface area (Å²) in [7, 11) is -4.34. The van der Waals surface area contributed by atoms with Crippen molar-refractivity contribution >= 4 is 39.3 Å². The molecule has 0 spiro atoms. The van der Waals surface area contributed by atoms with Crippen LogP contribution in [0, 0.1) is 6.92 Å². The lowest BCUT2D eigenvalue weighted by Gasteiger charge is -2.23. The number of sulfonamides is 1. The maximum atomic E-state index is 13.6. The van der Waals surface area contributed by atoms with Crippen LogP contribution in [-0.2, 0) is 22.7 Å². The second kappa shape index (κ2) is 13.7. The number of rotatable bonds is 8. The van der Waals surface area contributed by atoms with E-state index in [1.165, 1.54) is 53.6 Å². The average molecular weight is 680 g/mol. The summed E-state index contributed by atoms with van der Waals surface area (Å²) in [4.78, 5) is 31.2. The molecule has 2 amide bonds. The topological polar surface area (TPSA) is 106 Å². The lowest BCUT2D eigenvalue weighted by Crippen LogP contribution is -2.33. The number of pyridine rings is 1. The Morgan fingerprint density at radius 3 is 2.26 bits per heavy atom. The summed E-state index contributed by atoms with van der Waals surface area (Å²) in [5.41, 5.74) is 1.12. The molecule has 0 atom stereocenters. The first kappa shape index (κ1) is 33.2. The van der Waals surface area contributed by atoms with E-state index in [1.54, 1.807) is 61.5 Å². The maximum Gasteiger partial charge on any atom is 0.420 e. The van der Waals surface area contributed by atoms with Gasteiger partial charge in [0.05, 0.1) is 33.3 Å². The number of alkyl halides is 3. The van der Waals surface area contributed by atoms with Crippen LogP contribution in [0.3, 0.4) is 0 Å². The number of nitrogens with zero attached hydrogens (tertiary/aromatic N) is 2. The second-order valence-corrected chi connectivity index (χ2v) is 12.3. The van der Waals surface area contributed by atoms with Gasteiger partial charge in [0.2, 0.25) is 0 Å². The van der Waals surface area contributed by atoms with Gasteiger partial charge in [-0.25, -0.2) is 17.9 Å². The molecule has 0 radical (unpaired) electrons. The molecular formula is C34H25ClF3N3O5S. The zero-order valence-corrected chi connectivity index (χ0v) is 26.1. The van der Waals surface area contributed by atoms with Gasteiger partial charge in [0.1, 0.15) is 5.75 Å². The van der Waals surface area contributed by atoms with Gasteiger partial charge in [0, 0.05) is 17.5 Å². The Labute approximate surface area is 273 Å². The van der Waals surface area contributed by atoms with Crippen LogP contribution < -0.4 is 14.4 Å². The van der Waals surface area contributed by atoms with E-state index >= 15 is 0 Å². The first-order chi connectivity index (χ1) is 22.3. The Bertz CT molecular complexity index is 2060. The number of carbonyl (C=O) groups is 2. The fourth-order valence-electron chi connectivity index (χ4n) is 4.69. The fraction of sp³-hybridized carbons (Fsp3) is 0.0882. The number of nitrogens with one attached hydrogen (secondary N) is 1. The number of aryl methyl sites for hydroxylation is 1. The minimum absolute atomic E-state index is 0.00561. The molecular weight excluding hydrogens is 655 g/mol. The molecule has 47 heavy (non-hydrogen) atoms. The highest BCUT2D eigenvalue weighted by Gasteiger charge is 2.35. The Hall–Kier alpha value is -5.20. The summed E-state index contributed by atoms with van der Waals surface area (Å²) in [5, 5.41) is 0.0912. The molecule has 1 heterocycles. The summed E-state index contributed by atoms with van der Waals surface area (Å²) in [5.74, 6) is -1.53. The number of para-hydroxylation sites is 1. The van der Waals surface area contributed by atoms with Gasteiger partial charge in [-0.2, -0.15) is 13.2 Å². The summed E-state index contributed by atoms with van der Waals surface area (Å²) >= 11 is 6.07. The monoisotopic (exact) mass is 679 g/mol. The molecule has 0 unspecified atom stereocenters. The fourth-order valence-corrected chi connectivity index (χ4v) is 6.11. The van der Waals surface area contributed by atoms with E-state index in [0.29, 0.717) is 28.1 Å². The molecule has 0 aliphatic carbocycles. The van der Waals surface area contributed by atoms with Crippen molar-refractivity contribution in [2.45, 2.75) is 24.5 Å². The SMILES string of the molecule is Cc1cc(N(Cc2ccc(-c3ccccc3S(=O)(=O)NC(=O)c3ccccc3Cl)cc2)C(=O)Oc2ccccc2C(F)(F)F)ccn1. The van der Waals surface area contributed by atoms with Crippen LogP contribution in [0.5, 0.6) is 5.75 Å². The molecule has 8 nitrogen and oxygen atoms in total. The van der Waals surface area contributed by atoms with Crippen LogP contribution in [0.15, 0.2) is 120 Å². The Kier molecular flexibility index (Phi) is 9.64. The minimum Gasteiger partial charge on any atom is -0.409 e. The molecule has 0 saturated heterocycles. The molecule has 0 aliphatic rings. The van der Waals surface area contributed by atoms with Crippen LogP contribution in [0.4, 0.5) is 23.7 Å². The smallest absolute Gasteiger partial charge is 0.409 e. The number of hydrogen-bond acceptors (Lipinski definition) is 6. The molecule has 5 aromatic rings. The molecule has 0 bridgehead atoms.